The molecule has 0 aliphatic rings. The molecule has 0 aromatic rings. The zero-order valence-electron chi connectivity index (χ0n) is 10.2. The van der Waals surface area contributed by atoms with Crippen LogP contribution in [0.3, 0.4) is 0 Å². The molecule has 0 aromatic heterocycles. The smallest absolute Gasteiger partial charge is 0.281 e. The topological polar surface area (TPSA) is 54.4 Å². The average molecular weight is 414 g/mol. The van der Waals surface area contributed by atoms with Crippen molar-refractivity contribution >= 4 is 10.1 Å². The highest BCUT2D eigenvalue weighted by Gasteiger charge is 2.90. The molecule has 0 bridgehead atoms. The number of alkyl halides is 13. The molecular weight excluding hydrogens is 411 g/mol. The Morgan fingerprint density at radius 1 is 0.667 bits per heavy atom. The Labute approximate surface area is 123 Å². The van der Waals surface area contributed by atoms with Crippen molar-refractivity contribution < 1.29 is 70.0 Å². The molecule has 0 saturated heterocycles. The van der Waals surface area contributed by atoms with Crippen LogP contribution in [0.4, 0.5) is 57.1 Å². The molecule has 146 valence electrons. The van der Waals surface area contributed by atoms with Crippen LogP contribution < -0.4 is 0 Å². The van der Waals surface area contributed by atoms with E-state index in [0.29, 0.717) is 0 Å². The van der Waals surface area contributed by atoms with E-state index in [1.807, 2.05) is 0 Å². The first kappa shape index (κ1) is 23.0. The van der Waals surface area contributed by atoms with Gasteiger partial charge in [0.15, 0.2) is 0 Å². The molecule has 3 nitrogen and oxygen atoms in total. The van der Waals surface area contributed by atoms with E-state index in [1.165, 1.54) is 0 Å². The molecule has 1 unspecified atom stereocenters. The van der Waals surface area contributed by atoms with Gasteiger partial charge < -0.3 is 0 Å². The van der Waals surface area contributed by atoms with Gasteiger partial charge in [-0.2, -0.15) is 52.3 Å². The largest absolute Gasteiger partial charge is 0.438 e. The molecule has 0 spiro atoms. The minimum atomic E-state index is -8.10. The van der Waals surface area contributed by atoms with Crippen LogP contribution in [0.25, 0.3) is 0 Å². The molecule has 0 rings (SSSR count). The van der Waals surface area contributed by atoms with Crippen molar-refractivity contribution in [3.05, 3.63) is 0 Å². The second-order valence-electron chi connectivity index (χ2n) is 4.07. The molecule has 0 aliphatic heterocycles. The fourth-order valence-corrected chi connectivity index (χ4v) is 1.53. The van der Waals surface area contributed by atoms with Crippen LogP contribution in [0.5, 0.6) is 0 Å². The third-order valence-corrected chi connectivity index (χ3v) is 3.37. The van der Waals surface area contributed by atoms with Gasteiger partial charge in [0.05, 0.1) is 0 Å². The SMILES string of the molecule is O=S(=O)(O)C(F)(F)C(F)(F)C(F)(F)C(F)(F)C(F)(F)C(F)C(F)F. The maximum atomic E-state index is 12.9. The average Bonchev–Trinajstić information content (AvgIpc) is 2.35. The standard InChI is InChI=1S/C7H3F13O3S/c8-1(2(9)10)3(11,12)4(13,14)5(15,16)6(17,18)7(19,20)24(21,22)23/h1-2H,(H,21,22,23). The van der Waals surface area contributed by atoms with Gasteiger partial charge >= 0.3 is 39.1 Å². The van der Waals surface area contributed by atoms with Crippen molar-refractivity contribution in [3.63, 3.8) is 0 Å². The van der Waals surface area contributed by atoms with Crippen LogP contribution in [0.2, 0.25) is 0 Å². The molecule has 0 amide bonds. The Hall–Kier alpha value is -1.00. The Morgan fingerprint density at radius 3 is 1.25 bits per heavy atom. The summed E-state index contributed by atoms with van der Waals surface area (Å²) in [6, 6.07) is 0. The molecule has 0 fully saturated rings. The molecular formula is C7H3F13O3S. The predicted octanol–water partition coefficient (Wildman–Crippen LogP) is 3.61. The second-order valence-corrected chi connectivity index (χ2v) is 5.54. The summed E-state index contributed by atoms with van der Waals surface area (Å²) in [5, 5.41) is -7.46. The Bertz CT molecular complexity index is 568. The van der Waals surface area contributed by atoms with Crippen LogP contribution in [0.1, 0.15) is 0 Å². The molecule has 0 radical (unpaired) electrons. The highest BCUT2D eigenvalue weighted by atomic mass is 32.2. The van der Waals surface area contributed by atoms with E-state index >= 15 is 0 Å². The van der Waals surface area contributed by atoms with Gasteiger partial charge in [-0.05, 0) is 0 Å². The quantitative estimate of drug-likeness (QED) is 0.512. The normalized spacial score (nSPS) is 17.3. The lowest BCUT2D eigenvalue weighted by Gasteiger charge is -2.39. The van der Waals surface area contributed by atoms with Gasteiger partial charge in [-0.1, -0.05) is 0 Å². The lowest BCUT2D eigenvalue weighted by molar-refractivity contribution is -0.400. The highest BCUT2D eigenvalue weighted by molar-refractivity contribution is 7.87. The van der Waals surface area contributed by atoms with Crippen LogP contribution in [0.15, 0.2) is 0 Å². The molecule has 17 heteroatoms. The first-order chi connectivity index (χ1) is 10.1. The third-order valence-electron chi connectivity index (χ3n) is 2.46. The van der Waals surface area contributed by atoms with Gasteiger partial charge in [0.1, 0.15) is 0 Å². The molecule has 1 N–H and O–H groups in total. The number of halogens is 13. The zero-order valence-corrected chi connectivity index (χ0v) is 11.1. The highest BCUT2D eigenvalue weighted by Crippen LogP contribution is 2.59. The van der Waals surface area contributed by atoms with Crippen molar-refractivity contribution in [3.8, 4) is 0 Å². The summed E-state index contributed by atoms with van der Waals surface area (Å²) in [6.45, 7) is 0. The summed E-state index contributed by atoms with van der Waals surface area (Å²) >= 11 is 0. The third kappa shape index (κ3) is 2.88. The van der Waals surface area contributed by atoms with Gasteiger partial charge in [-0.25, -0.2) is 13.2 Å². The van der Waals surface area contributed by atoms with Gasteiger partial charge in [0.2, 0.25) is 6.17 Å². The molecule has 24 heavy (non-hydrogen) atoms. The van der Waals surface area contributed by atoms with E-state index in [9.17, 15) is 65.5 Å². The predicted molar refractivity (Wildman–Crippen MR) is 47.2 cm³/mol. The summed E-state index contributed by atoms with van der Waals surface area (Å²) in [5.74, 6) is -31.3. The maximum Gasteiger partial charge on any atom is 0.438 e. The minimum absolute atomic E-state index is 5.13. The molecule has 1 atom stereocenters. The van der Waals surface area contributed by atoms with E-state index < -0.39 is 51.7 Å². The monoisotopic (exact) mass is 414 g/mol. The Kier molecular flexibility index (Phi) is 5.53. The number of rotatable bonds is 7. The summed E-state index contributed by atoms with van der Waals surface area (Å²) in [6.07, 6.45) is -10.6. The fraction of sp³-hybridized carbons (Fsp3) is 1.00. The maximum absolute atomic E-state index is 12.9. The summed E-state index contributed by atoms with van der Waals surface area (Å²) in [5.41, 5.74) is 0. The fourth-order valence-electron chi connectivity index (χ4n) is 1.08. The van der Waals surface area contributed by atoms with Gasteiger partial charge in [0.25, 0.3) is 6.43 Å². The van der Waals surface area contributed by atoms with Crippen LogP contribution >= 0.6 is 0 Å². The van der Waals surface area contributed by atoms with E-state index in [0.717, 1.165) is 0 Å². The Morgan fingerprint density at radius 2 is 1.00 bits per heavy atom. The van der Waals surface area contributed by atoms with Crippen molar-refractivity contribution in [1.82, 2.24) is 0 Å². The first-order valence-corrected chi connectivity index (χ1v) is 6.33. The molecule has 0 heterocycles. The summed E-state index contributed by atoms with van der Waals surface area (Å²) < 4.78 is 191. The molecule has 0 aromatic carbocycles. The van der Waals surface area contributed by atoms with Crippen molar-refractivity contribution in [1.29, 1.82) is 0 Å². The molecule has 0 aliphatic carbocycles. The number of hydrogen-bond donors (Lipinski definition) is 1. The summed E-state index contributed by atoms with van der Waals surface area (Å²) in [4.78, 5) is 0. The van der Waals surface area contributed by atoms with Crippen LogP contribution in [-0.4, -0.2) is 54.5 Å². The Balaban J connectivity index is 6.41. The van der Waals surface area contributed by atoms with E-state index in [2.05, 4.69) is 0 Å². The van der Waals surface area contributed by atoms with E-state index in [1.54, 1.807) is 0 Å². The van der Waals surface area contributed by atoms with E-state index in [-0.39, 0.29) is 0 Å². The van der Waals surface area contributed by atoms with Crippen molar-refractivity contribution in [2.24, 2.45) is 0 Å². The minimum Gasteiger partial charge on any atom is -0.281 e. The van der Waals surface area contributed by atoms with Crippen LogP contribution in [-0.2, 0) is 10.1 Å². The lowest BCUT2D eigenvalue weighted by atomic mass is 9.95. The molecule has 0 saturated carbocycles. The summed E-state index contributed by atoms with van der Waals surface area (Å²) in [7, 11) is -7.57. The van der Waals surface area contributed by atoms with E-state index in [4.69, 9.17) is 4.55 Å². The van der Waals surface area contributed by atoms with Gasteiger partial charge in [-0.15, -0.1) is 0 Å². The van der Waals surface area contributed by atoms with Gasteiger partial charge in [0, 0.05) is 0 Å². The second kappa shape index (κ2) is 5.77. The van der Waals surface area contributed by atoms with Crippen molar-refractivity contribution in [2.75, 3.05) is 0 Å². The van der Waals surface area contributed by atoms with Crippen molar-refractivity contribution in [2.45, 2.75) is 41.5 Å². The number of hydrogen-bond acceptors (Lipinski definition) is 2. The lowest BCUT2D eigenvalue weighted by Crippen LogP contribution is -2.70. The zero-order chi connectivity index (χ0) is 20.2. The first-order valence-electron chi connectivity index (χ1n) is 4.89. The van der Waals surface area contributed by atoms with Gasteiger partial charge in [-0.3, -0.25) is 4.55 Å². The van der Waals surface area contributed by atoms with Crippen LogP contribution in [0, 0.1) is 0 Å².